The third kappa shape index (κ3) is 3.95. The first-order chi connectivity index (χ1) is 13.1. The third-order valence-corrected chi connectivity index (χ3v) is 5.05. The summed E-state index contributed by atoms with van der Waals surface area (Å²) in [7, 11) is 1.66. The van der Waals surface area contributed by atoms with Crippen molar-refractivity contribution in [1.82, 2.24) is 14.8 Å². The molecule has 1 aliphatic carbocycles. The van der Waals surface area contributed by atoms with Crippen molar-refractivity contribution >= 4 is 23.2 Å². The van der Waals surface area contributed by atoms with Crippen molar-refractivity contribution in [2.75, 3.05) is 12.4 Å². The molecule has 0 saturated heterocycles. The number of benzene rings is 2. The van der Waals surface area contributed by atoms with Gasteiger partial charge in [0.15, 0.2) is 0 Å². The number of hydrogen-bond donors (Lipinski definition) is 1. The van der Waals surface area contributed by atoms with Crippen LogP contribution in [0.2, 0.25) is 5.02 Å². The van der Waals surface area contributed by atoms with Crippen molar-refractivity contribution in [2.24, 2.45) is 5.92 Å². The van der Waals surface area contributed by atoms with E-state index in [9.17, 15) is 4.79 Å². The highest BCUT2D eigenvalue weighted by atomic mass is 35.5. The second-order valence-electron chi connectivity index (χ2n) is 6.63. The van der Waals surface area contributed by atoms with Crippen LogP contribution in [0.3, 0.4) is 0 Å². The van der Waals surface area contributed by atoms with Crippen molar-refractivity contribution in [1.29, 1.82) is 0 Å². The van der Waals surface area contributed by atoms with Gasteiger partial charge in [0.25, 0.3) is 0 Å². The minimum atomic E-state index is -0.0281. The van der Waals surface area contributed by atoms with E-state index in [-0.39, 0.29) is 5.91 Å². The lowest BCUT2D eigenvalue weighted by molar-refractivity contribution is -0.116. The highest BCUT2D eigenvalue weighted by Gasteiger charge is 2.39. The van der Waals surface area contributed by atoms with Crippen molar-refractivity contribution in [3.8, 4) is 11.4 Å². The molecule has 1 saturated carbocycles. The van der Waals surface area contributed by atoms with Crippen LogP contribution in [-0.2, 0) is 4.79 Å². The Bertz CT molecular complexity index is 941. The molecule has 0 bridgehead atoms. The second kappa shape index (κ2) is 7.40. The molecule has 1 heterocycles. The molecule has 4 rings (SSSR count). The molecule has 7 heteroatoms. The molecule has 0 spiro atoms. The Morgan fingerprint density at radius 3 is 2.81 bits per heavy atom. The van der Waals surface area contributed by atoms with E-state index in [1.165, 1.54) is 11.9 Å². The van der Waals surface area contributed by atoms with Gasteiger partial charge < -0.3 is 10.1 Å². The monoisotopic (exact) mass is 382 g/mol. The fourth-order valence-corrected chi connectivity index (χ4v) is 3.48. The molecule has 3 aromatic rings. The maximum Gasteiger partial charge on any atom is 0.224 e. The molecule has 6 nitrogen and oxygen atoms in total. The maximum absolute atomic E-state index is 12.6. The van der Waals surface area contributed by atoms with E-state index in [0.717, 1.165) is 17.9 Å². The molecular weight excluding hydrogens is 364 g/mol. The number of methoxy groups -OCH3 is 1. The van der Waals surface area contributed by atoms with Crippen LogP contribution in [0.4, 0.5) is 5.69 Å². The summed E-state index contributed by atoms with van der Waals surface area (Å²) in [5.74, 6) is 1.60. The first-order valence-electron chi connectivity index (χ1n) is 8.72. The van der Waals surface area contributed by atoms with Crippen molar-refractivity contribution in [3.63, 3.8) is 0 Å². The molecule has 27 heavy (non-hydrogen) atoms. The maximum atomic E-state index is 12.6. The second-order valence-corrected chi connectivity index (χ2v) is 7.07. The van der Waals surface area contributed by atoms with Gasteiger partial charge in [0.1, 0.15) is 18.4 Å². The number of carbonyl (C=O) groups excluding carboxylic acids is 1. The van der Waals surface area contributed by atoms with Gasteiger partial charge in [0.05, 0.1) is 18.5 Å². The number of amides is 1. The minimum absolute atomic E-state index is 0.0281. The predicted octanol–water partition coefficient (Wildman–Crippen LogP) is 4.06. The Morgan fingerprint density at radius 1 is 1.30 bits per heavy atom. The molecule has 138 valence electrons. The largest absolute Gasteiger partial charge is 0.497 e. The summed E-state index contributed by atoms with van der Waals surface area (Å²) in [4.78, 5) is 16.5. The summed E-state index contributed by atoms with van der Waals surface area (Å²) in [5.41, 5.74) is 2.60. The predicted molar refractivity (Wildman–Crippen MR) is 103 cm³/mol. The number of aromatic nitrogens is 3. The number of ether oxygens (including phenoxy) is 1. The quantitative estimate of drug-likeness (QED) is 0.698. The van der Waals surface area contributed by atoms with Gasteiger partial charge in [-0.3, -0.25) is 4.79 Å². The lowest BCUT2D eigenvalue weighted by atomic mass is 10.1. The number of rotatable bonds is 6. The van der Waals surface area contributed by atoms with Crippen LogP contribution in [0.5, 0.6) is 5.75 Å². The van der Waals surface area contributed by atoms with E-state index in [2.05, 4.69) is 27.5 Å². The van der Waals surface area contributed by atoms with Crippen molar-refractivity contribution < 1.29 is 9.53 Å². The summed E-state index contributed by atoms with van der Waals surface area (Å²) in [6.45, 7) is 0. The minimum Gasteiger partial charge on any atom is -0.497 e. The molecule has 1 aliphatic rings. The van der Waals surface area contributed by atoms with Gasteiger partial charge in [-0.05, 0) is 54.2 Å². The first-order valence-corrected chi connectivity index (χ1v) is 9.10. The summed E-state index contributed by atoms with van der Waals surface area (Å²) in [5, 5.41) is 7.65. The lowest BCUT2D eigenvalue weighted by Crippen LogP contribution is -2.14. The van der Waals surface area contributed by atoms with Gasteiger partial charge in [-0.15, -0.1) is 0 Å². The van der Waals surface area contributed by atoms with E-state index in [0.29, 0.717) is 29.0 Å². The van der Waals surface area contributed by atoms with Crippen molar-refractivity contribution in [2.45, 2.75) is 18.8 Å². The van der Waals surface area contributed by atoms with Crippen LogP contribution in [0.25, 0.3) is 5.69 Å². The summed E-state index contributed by atoms with van der Waals surface area (Å²) < 4.78 is 6.79. The van der Waals surface area contributed by atoms with E-state index in [1.54, 1.807) is 30.3 Å². The molecule has 0 aliphatic heterocycles. The van der Waals surface area contributed by atoms with E-state index in [4.69, 9.17) is 16.3 Å². The summed E-state index contributed by atoms with van der Waals surface area (Å²) in [6, 6.07) is 13.4. The molecule has 0 radical (unpaired) electrons. The summed E-state index contributed by atoms with van der Waals surface area (Å²) >= 11 is 6.10. The molecule has 1 fully saturated rings. The highest BCUT2D eigenvalue weighted by Crippen LogP contribution is 2.49. The lowest BCUT2D eigenvalue weighted by Gasteiger charge is -2.11. The Labute approximate surface area is 162 Å². The Hall–Kier alpha value is -2.86. The number of hydrogen-bond acceptors (Lipinski definition) is 4. The molecule has 1 N–H and O–H groups in total. The fraction of sp³-hybridized carbons (Fsp3) is 0.250. The van der Waals surface area contributed by atoms with Crippen LogP contribution in [0, 0.1) is 5.92 Å². The smallest absolute Gasteiger partial charge is 0.224 e. The number of nitrogens with zero attached hydrogens (tertiary/aromatic N) is 3. The highest BCUT2D eigenvalue weighted by molar-refractivity contribution is 6.31. The van der Waals surface area contributed by atoms with E-state index in [1.807, 2.05) is 18.2 Å². The Morgan fingerprint density at radius 2 is 2.11 bits per heavy atom. The van der Waals surface area contributed by atoms with E-state index < -0.39 is 0 Å². The van der Waals surface area contributed by atoms with Gasteiger partial charge in [-0.2, -0.15) is 5.10 Å². The normalized spacial score (nSPS) is 18.1. The zero-order valence-electron chi connectivity index (χ0n) is 14.8. The number of anilines is 1. The number of halogens is 1. The van der Waals surface area contributed by atoms with Gasteiger partial charge in [-0.25, -0.2) is 9.67 Å². The Balaban J connectivity index is 1.41. The number of nitrogens with one attached hydrogen (secondary N) is 1. The zero-order chi connectivity index (χ0) is 18.8. The van der Waals surface area contributed by atoms with Crippen LogP contribution < -0.4 is 10.1 Å². The molecule has 1 amide bonds. The van der Waals surface area contributed by atoms with Crippen molar-refractivity contribution in [3.05, 3.63) is 65.7 Å². The van der Waals surface area contributed by atoms with Crippen LogP contribution in [-0.4, -0.2) is 27.8 Å². The summed E-state index contributed by atoms with van der Waals surface area (Å²) in [6.07, 6.45) is 4.52. The average Bonchev–Trinajstić information content (AvgIpc) is 3.20. The first kappa shape index (κ1) is 17.5. The average molecular weight is 383 g/mol. The molecular formula is C20H19ClN4O2. The van der Waals surface area contributed by atoms with Crippen LogP contribution in [0.1, 0.15) is 24.3 Å². The van der Waals surface area contributed by atoms with Gasteiger partial charge in [0.2, 0.25) is 5.91 Å². The third-order valence-electron chi connectivity index (χ3n) is 4.81. The molecule has 2 aromatic carbocycles. The fourth-order valence-electron chi connectivity index (χ4n) is 3.31. The standard InChI is InChI=1S/C20H19ClN4O2/c1-27-16-5-2-13(3-6-16)17-8-14(17)9-20(26)24-18-10-15(21)4-7-19(18)25-12-22-11-23-25/h2-7,10-12,14,17H,8-9H2,1H3,(H,24,26)/t14-,17-/m0/s1. The van der Waals surface area contributed by atoms with E-state index >= 15 is 0 Å². The molecule has 1 aromatic heterocycles. The van der Waals surface area contributed by atoms with Gasteiger partial charge in [-0.1, -0.05) is 23.7 Å². The topological polar surface area (TPSA) is 69.0 Å². The van der Waals surface area contributed by atoms with Crippen LogP contribution >= 0.6 is 11.6 Å². The zero-order valence-corrected chi connectivity index (χ0v) is 15.6. The van der Waals surface area contributed by atoms with Crippen LogP contribution in [0.15, 0.2) is 55.1 Å². The van der Waals surface area contributed by atoms with Gasteiger partial charge in [0, 0.05) is 11.4 Å². The number of carbonyl (C=O) groups is 1. The molecule has 0 unspecified atom stereocenters. The molecule has 2 atom stereocenters. The Kier molecular flexibility index (Phi) is 4.81. The van der Waals surface area contributed by atoms with Gasteiger partial charge >= 0.3 is 0 Å². The SMILES string of the molecule is COc1ccc([C@@H]2C[C@H]2CC(=O)Nc2cc(Cl)ccc2-n2cncn2)cc1.